The summed E-state index contributed by atoms with van der Waals surface area (Å²) in [4.78, 5) is 16.4. The van der Waals surface area contributed by atoms with Crippen LogP contribution in [0.4, 0.5) is 5.82 Å². The molecule has 3 aromatic rings. The van der Waals surface area contributed by atoms with Gasteiger partial charge in [-0.1, -0.05) is 41.9 Å². The number of pyridine rings is 1. The van der Waals surface area contributed by atoms with Gasteiger partial charge >= 0.3 is 0 Å². The van der Waals surface area contributed by atoms with Crippen LogP contribution in [0.2, 0.25) is 5.02 Å². The van der Waals surface area contributed by atoms with Gasteiger partial charge in [-0.05, 0) is 54.3 Å². The van der Waals surface area contributed by atoms with Crippen molar-refractivity contribution < 1.29 is 15.0 Å². The van der Waals surface area contributed by atoms with E-state index in [1.165, 1.54) is 6.07 Å². The summed E-state index contributed by atoms with van der Waals surface area (Å²) in [7, 11) is 0. The van der Waals surface area contributed by atoms with Crippen molar-refractivity contribution in [2.45, 2.75) is 38.5 Å². The van der Waals surface area contributed by atoms with E-state index in [0.717, 1.165) is 23.1 Å². The second-order valence-electron chi connectivity index (χ2n) is 8.14. The predicted molar refractivity (Wildman–Crippen MR) is 130 cm³/mol. The number of nitrogen functional groups attached to an aromatic ring is 1. The van der Waals surface area contributed by atoms with Gasteiger partial charge in [0.2, 0.25) is 5.91 Å². The summed E-state index contributed by atoms with van der Waals surface area (Å²) < 4.78 is 0. The van der Waals surface area contributed by atoms with E-state index >= 15 is 0 Å². The molecule has 3 rings (SSSR count). The molecule has 0 aliphatic heterocycles. The van der Waals surface area contributed by atoms with E-state index < -0.39 is 6.10 Å². The number of phenols is 1. The lowest BCUT2D eigenvalue weighted by Crippen LogP contribution is -2.32. The lowest BCUT2D eigenvalue weighted by molar-refractivity contribution is -0.120. The molecule has 2 atom stereocenters. The number of halogens is 1. The number of carbonyl (C=O) groups excluding carboxylic acids is 1. The molecule has 174 valence electrons. The van der Waals surface area contributed by atoms with E-state index in [4.69, 9.17) is 17.3 Å². The molecule has 0 radical (unpaired) electrons. The fourth-order valence-corrected chi connectivity index (χ4v) is 3.77. The van der Waals surface area contributed by atoms with Crippen molar-refractivity contribution in [3.05, 3.63) is 88.1 Å². The van der Waals surface area contributed by atoms with Crippen molar-refractivity contribution in [2.75, 3.05) is 12.3 Å². The van der Waals surface area contributed by atoms with Gasteiger partial charge in [0.05, 0.1) is 12.5 Å². The van der Waals surface area contributed by atoms with Crippen LogP contribution in [0.25, 0.3) is 0 Å². The number of aliphatic hydroxyl groups is 1. The van der Waals surface area contributed by atoms with Gasteiger partial charge in [0.25, 0.3) is 0 Å². The first-order chi connectivity index (χ1) is 15.8. The van der Waals surface area contributed by atoms with Crippen LogP contribution in [-0.4, -0.2) is 33.7 Å². The minimum absolute atomic E-state index is 0.0693. The third-order valence-electron chi connectivity index (χ3n) is 5.18. The summed E-state index contributed by atoms with van der Waals surface area (Å²) in [6.45, 7) is 2.74. The van der Waals surface area contributed by atoms with Crippen LogP contribution in [0.1, 0.15) is 35.3 Å². The van der Waals surface area contributed by atoms with Crippen molar-refractivity contribution in [3.63, 3.8) is 0 Å². The highest BCUT2D eigenvalue weighted by Crippen LogP contribution is 2.19. The Labute approximate surface area is 198 Å². The number of aliphatic hydroxyl groups excluding tert-OH is 1. The highest BCUT2D eigenvalue weighted by Gasteiger charge is 2.11. The molecule has 1 aromatic heterocycles. The zero-order valence-corrected chi connectivity index (χ0v) is 19.2. The molecule has 0 aliphatic carbocycles. The summed E-state index contributed by atoms with van der Waals surface area (Å²) >= 11 is 5.93. The molecule has 8 heteroatoms. The minimum atomic E-state index is -0.669. The molecule has 1 amide bonds. The molecule has 0 saturated heterocycles. The Morgan fingerprint density at radius 2 is 1.91 bits per heavy atom. The van der Waals surface area contributed by atoms with Gasteiger partial charge < -0.3 is 26.6 Å². The molecule has 2 aromatic carbocycles. The summed E-state index contributed by atoms with van der Waals surface area (Å²) in [5.74, 6) is 0.377. The molecular weight excluding hydrogens is 440 g/mol. The van der Waals surface area contributed by atoms with Gasteiger partial charge in [-0.25, -0.2) is 4.98 Å². The molecule has 1 heterocycles. The van der Waals surface area contributed by atoms with E-state index in [0.29, 0.717) is 29.5 Å². The normalized spacial score (nSPS) is 12.8. The van der Waals surface area contributed by atoms with E-state index in [2.05, 4.69) is 15.6 Å². The summed E-state index contributed by atoms with van der Waals surface area (Å²) in [5, 5.41) is 26.5. The van der Waals surface area contributed by atoms with Gasteiger partial charge in [-0.3, -0.25) is 4.79 Å². The largest absolute Gasteiger partial charge is 0.508 e. The number of amides is 1. The van der Waals surface area contributed by atoms with Crippen LogP contribution in [0.15, 0.2) is 60.8 Å². The maximum Gasteiger partial charge on any atom is 0.224 e. The minimum Gasteiger partial charge on any atom is -0.508 e. The standard InChI is InChI=1S/C25H29ClN4O3/c1-16(28-15-23(32)20-5-6-24(27)29-14-20)7-17-3-2-4-18(8-17)11-25(33)30-13-19-9-21(26)12-22(31)10-19/h2-6,8-10,12,14,16,23,28,31-32H,7,11,13,15H2,1H3,(H2,27,29)(H,30,33)/t16-,23-/m1/s1. The maximum absolute atomic E-state index is 12.4. The first-order valence-electron chi connectivity index (χ1n) is 10.7. The third kappa shape index (κ3) is 8.05. The quantitative estimate of drug-likeness (QED) is 0.312. The molecule has 7 nitrogen and oxygen atoms in total. The Morgan fingerprint density at radius 3 is 2.64 bits per heavy atom. The predicted octanol–water partition coefficient (Wildman–Crippen LogP) is 3.14. The number of hydrogen-bond acceptors (Lipinski definition) is 6. The summed E-state index contributed by atoms with van der Waals surface area (Å²) in [5.41, 5.74) is 9.05. The van der Waals surface area contributed by atoms with Crippen LogP contribution < -0.4 is 16.4 Å². The Balaban J connectivity index is 1.47. The first kappa shape index (κ1) is 24.5. The average molecular weight is 469 g/mol. The number of carbonyl (C=O) groups is 1. The number of rotatable bonds is 10. The zero-order chi connectivity index (χ0) is 23.8. The monoisotopic (exact) mass is 468 g/mol. The molecule has 0 aliphatic rings. The van der Waals surface area contributed by atoms with E-state index in [9.17, 15) is 15.0 Å². The SMILES string of the molecule is C[C@H](Cc1cccc(CC(=O)NCc2cc(O)cc(Cl)c2)c1)NC[C@@H](O)c1ccc(N)nc1. The third-order valence-corrected chi connectivity index (χ3v) is 5.40. The Hall–Kier alpha value is -3.13. The molecule has 0 bridgehead atoms. The van der Waals surface area contributed by atoms with Gasteiger partial charge in [-0.15, -0.1) is 0 Å². The number of nitrogens with zero attached hydrogens (tertiary/aromatic N) is 1. The highest BCUT2D eigenvalue weighted by atomic mass is 35.5. The Bertz CT molecular complexity index is 1060. The Kier molecular flexibility index (Phi) is 8.65. The molecule has 6 N–H and O–H groups in total. The molecule has 0 unspecified atom stereocenters. The number of phenolic OH excluding ortho intramolecular Hbond substituents is 1. The lowest BCUT2D eigenvalue weighted by atomic mass is 10.0. The van der Waals surface area contributed by atoms with Crippen LogP contribution in [-0.2, 0) is 24.2 Å². The Morgan fingerprint density at radius 1 is 1.12 bits per heavy atom. The van der Waals surface area contributed by atoms with Crippen molar-refractivity contribution in [1.82, 2.24) is 15.6 Å². The molecule has 0 fully saturated rings. The van der Waals surface area contributed by atoms with Gasteiger partial charge in [-0.2, -0.15) is 0 Å². The molecule has 0 spiro atoms. The summed E-state index contributed by atoms with van der Waals surface area (Å²) in [6, 6.07) is 16.2. The van der Waals surface area contributed by atoms with Crippen LogP contribution in [0, 0.1) is 0 Å². The summed E-state index contributed by atoms with van der Waals surface area (Å²) in [6.07, 6.45) is 1.92. The number of benzene rings is 2. The van der Waals surface area contributed by atoms with Crippen LogP contribution >= 0.6 is 11.6 Å². The average Bonchev–Trinajstić information content (AvgIpc) is 2.76. The lowest BCUT2D eigenvalue weighted by Gasteiger charge is -2.18. The number of nitrogens with one attached hydrogen (secondary N) is 2. The van der Waals surface area contributed by atoms with Crippen molar-refractivity contribution in [3.8, 4) is 5.75 Å². The molecule has 33 heavy (non-hydrogen) atoms. The van der Waals surface area contributed by atoms with Crippen molar-refractivity contribution in [2.24, 2.45) is 0 Å². The van der Waals surface area contributed by atoms with E-state index in [1.54, 1.807) is 30.5 Å². The second kappa shape index (κ2) is 11.7. The fraction of sp³-hybridized carbons (Fsp3) is 0.280. The van der Waals surface area contributed by atoms with E-state index in [1.807, 2.05) is 31.2 Å². The number of hydrogen-bond donors (Lipinski definition) is 5. The van der Waals surface area contributed by atoms with Crippen LogP contribution in [0.5, 0.6) is 5.75 Å². The zero-order valence-electron chi connectivity index (χ0n) is 18.5. The molecular formula is C25H29ClN4O3. The smallest absolute Gasteiger partial charge is 0.224 e. The van der Waals surface area contributed by atoms with Gasteiger partial charge in [0.1, 0.15) is 11.6 Å². The topological polar surface area (TPSA) is 120 Å². The highest BCUT2D eigenvalue weighted by molar-refractivity contribution is 6.30. The fourth-order valence-electron chi connectivity index (χ4n) is 3.52. The van der Waals surface area contributed by atoms with Crippen molar-refractivity contribution in [1.29, 1.82) is 0 Å². The van der Waals surface area contributed by atoms with Crippen molar-refractivity contribution >= 4 is 23.3 Å². The second-order valence-corrected chi connectivity index (χ2v) is 8.57. The van der Waals surface area contributed by atoms with Crippen LogP contribution in [0.3, 0.4) is 0 Å². The number of anilines is 1. The number of aromatic hydroxyl groups is 1. The first-order valence-corrected chi connectivity index (χ1v) is 11.1. The molecule has 0 saturated carbocycles. The maximum atomic E-state index is 12.4. The number of nitrogens with two attached hydrogens (primary N) is 1. The van der Waals surface area contributed by atoms with Gasteiger partial charge in [0, 0.05) is 35.9 Å². The number of aromatic nitrogens is 1. The van der Waals surface area contributed by atoms with E-state index in [-0.39, 0.29) is 24.1 Å². The van der Waals surface area contributed by atoms with Gasteiger partial charge in [0.15, 0.2) is 0 Å².